The van der Waals surface area contributed by atoms with Crippen molar-refractivity contribution in [1.29, 1.82) is 0 Å². The highest BCUT2D eigenvalue weighted by Crippen LogP contribution is 2.48. The zero-order chi connectivity index (χ0) is 11.6. The molecule has 2 aromatic rings. The molecule has 0 heterocycles. The summed E-state index contributed by atoms with van der Waals surface area (Å²) in [5, 5.41) is 1.71. The minimum Gasteiger partial charge on any atom is -0.327 e. The Morgan fingerprint density at radius 3 is 2.56 bits per heavy atom. The molecule has 0 fully saturated rings. The molecule has 1 atom stereocenters. The SMILES string of the molecule is O=P(O)(Cl)OOc1cccc2ccccc12. The van der Waals surface area contributed by atoms with Crippen LogP contribution in [0.1, 0.15) is 0 Å². The van der Waals surface area contributed by atoms with Crippen LogP contribution in [0.25, 0.3) is 10.8 Å². The van der Waals surface area contributed by atoms with Gasteiger partial charge in [-0.1, -0.05) is 41.1 Å². The summed E-state index contributed by atoms with van der Waals surface area (Å²) in [6.07, 6.45) is 0. The summed E-state index contributed by atoms with van der Waals surface area (Å²) < 4.78 is 14.9. The monoisotopic (exact) mass is 258 g/mol. The van der Waals surface area contributed by atoms with Gasteiger partial charge in [0.25, 0.3) is 0 Å². The lowest BCUT2D eigenvalue weighted by Gasteiger charge is -2.07. The third-order valence-corrected chi connectivity index (χ3v) is 2.40. The molecule has 0 aliphatic carbocycles. The fraction of sp³-hybridized carbons (Fsp3) is 0. The third-order valence-electron chi connectivity index (χ3n) is 1.97. The van der Waals surface area contributed by atoms with Crippen LogP contribution in [0.3, 0.4) is 0 Å². The van der Waals surface area contributed by atoms with Gasteiger partial charge in [0.05, 0.1) is 0 Å². The Balaban J connectivity index is 2.34. The van der Waals surface area contributed by atoms with Crippen LogP contribution >= 0.6 is 18.2 Å². The van der Waals surface area contributed by atoms with Crippen LogP contribution in [-0.4, -0.2) is 4.89 Å². The van der Waals surface area contributed by atoms with Gasteiger partial charge in [0, 0.05) is 16.6 Å². The first-order valence-corrected chi connectivity index (χ1v) is 6.91. The number of benzene rings is 2. The molecular weight excluding hydrogens is 251 g/mol. The lowest BCUT2D eigenvalue weighted by atomic mass is 10.1. The van der Waals surface area contributed by atoms with Gasteiger partial charge in [-0.2, -0.15) is 0 Å². The van der Waals surface area contributed by atoms with Crippen LogP contribution in [0, 0.1) is 0 Å². The summed E-state index contributed by atoms with van der Waals surface area (Å²) in [7, 11) is 0. The summed E-state index contributed by atoms with van der Waals surface area (Å²) in [5.41, 5.74) is 0. The van der Waals surface area contributed by atoms with Crippen molar-refractivity contribution in [3.05, 3.63) is 42.5 Å². The topological polar surface area (TPSA) is 55.8 Å². The van der Waals surface area contributed by atoms with E-state index >= 15 is 0 Å². The van der Waals surface area contributed by atoms with Gasteiger partial charge in [-0.3, -0.25) is 0 Å². The van der Waals surface area contributed by atoms with E-state index in [-0.39, 0.29) is 0 Å². The third kappa shape index (κ3) is 2.74. The summed E-state index contributed by atoms with van der Waals surface area (Å²) in [5.74, 6) is 0.341. The van der Waals surface area contributed by atoms with Crippen molar-refractivity contribution in [3.63, 3.8) is 0 Å². The molecule has 1 N–H and O–H groups in total. The molecule has 0 spiro atoms. The highest BCUT2D eigenvalue weighted by atomic mass is 35.7. The molecule has 2 aromatic carbocycles. The maximum Gasteiger partial charge on any atom is 0.457 e. The Hall–Kier alpha value is -1.06. The molecule has 0 saturated heterocycles. The predicted molar refractivity (Wildman–Crippen MR) is 61.3 cm³/mol. The van der Waals surface area contributed by atoms with Crippen LogP contribution in [0.4, 0.5) is 0 Å². The maximum absolute atomic E-state index is 10.7. The van der Waals surface area contributed by atoms with E-state index in [4.69, 9.17) is 21.0 Å². The average Bonchev–Trinajstić information content (AvgIpc) is 2.25. The van der Waals surface area contributed by atoms with Gasteiger partial charge in [-0.15, -0.1) is 0 Å². The van der Waals surface area contributed by atoms with E-state index in [0.29, 0.717) is 5.75 Å². The Morgan fingerprint density at radius 2 is 1.81 bits per heavy atom. The van der Waals surface area contributed by atoms with Crippen molar-refractivity contribution >= 4 is 29.0 Å². The number of halogens is 1. The minimum atomic E-state index is -4.16. The van der Waals surface area contributed by atoms with E-state index in [9.17, 15) is 4.57 Å². The van der Waals surface area contributed by atoms with Crippen molar-refractivity contribution in [2.75, 3.05) is 0 Å². The van der Waals surface area contributed by atoms with E-state index in [1.165, 1.54) is 0 Å². The molecule has 0 bridgehead atoms. The molecule has 16 heavy (non-hydrogen) atoms. The fourth-order valence-electron chi connectivity index (χ4n) is 1.35. The zero-order valence-electron chi connectivity index (χ0n) is 8.04. The number of fused-ring (bicyclic) bond motifs is 1. The smallest absolute Gasteiger partial charge is 0.327 e. The summed E-state index contributed by atoms with van der Waals surface area (Å²) in [6.45, 7) is -4.16. The average molecular weight is 259 g/mol. The Morgan fingerprint density at radius 1 is 1.12 bits per heavy atom. The van der Waals surface area contributed by atoms with Gasteiger partial charge in [0.15, 0.2) is 5.75 Å². The second-order valence-electron chi connectivity index (χ2n) is 3.09. The molecule has 1 unspecified atom stereocenters. The van der Waals surface area contributed by atoms with Crippen LogP contribution in [-0.2, 0) is 9.24 Å². The lowest BCUT2D eigenvalue weighted by molar-refractivity contribution is -0.103. The van der Waals surface area contributed by atoms with E-state index in [1.807, 2.05) is 30.3 Å². The number of rotatable bonds is 3. The molecule has 0 aliphatic heterocycles. The standard InChI is InChI=1S/C10H8ClO4P/c11-16(12,13)15-14-10-7-3-5-8-4-1-2-6-9(8)10/h1-7H,(H,12,13). The van der Waals surface area contributed by atoms with Crippen LogP contribution in [0.15, 0.2) is 42.5 Å². The molecule has 0 aliphatic rings. The van der Waals surface area contributed by atoms with Crippen molar-refractivity contribution in [1.82, 2.24) is 0 Å². The van der Waals surface area contributed by atoms with Crippen LogP contribution in [0.2, 0.25) is 0 Å². The van der Waals surface area contributed by atoms with Gasteiger partial charge < -0.3 is 9.78 Å². The van der Waals surface area contributed by atoms with E-state index in [1.54, 1.807) is 12.1 Å². The lowest BCUT2D eigenvalue weighted by Crippen LogP contribution is -1.92. The molecular formula is C10H8ClO4P. The van der Waals surface area contributed by atoms with Crippen LogP contribution < -0.4 is 4.89 Å². The van der Waals surface area contributed by atoms with Gasteiger partial charge in [0.1, 0.15) is 0 Å². The van der Waals surface area contributed by atoms with Crippen molar-refractivity contribution in [2.45, 2.75) is 0 Å². The Bertz CT molecular complexity index is 546. The van der Waals surface area contributed by atoms with E-state index in [2.05, 4.69) is 4.67 Å². The summed E-state index contributed by atoms with van der Waals surface area (Å²) in [6, 6.07) is 12.7. The fourth-order valence-corrected chi connectivity index (χ4v) is 1.61. The second-order valence-corrected chi connectivity index (χ2v) is 5.42. The highest BCUT2D eigenvalue weighted by Gasteiger charge is 2.17. The van der Waals surface area contributed by atoms with Gasteiger partial charge in [0.2, 0.25) is 0 Å². The second kappa shape index (κ2) is 4.44. The molecule has 6 heteroatoms. The van der Waals surface area contributed by atoms with Crippen LogP contribution in [0.5, 0.6) is 5.75 Å². The first-order chi connectivity index (χ1) is 7.56. The molecule has 4 nitrogen and oxygen atoms in total. The largest absolute Gasteiger partial charge is 0.457 e. The molecule has 0 aromatic heterocycles. The van der Waals surface area contributed by atoms with E-state index < -0.39 is 6.95 Å². The van der Waals surface area contributed by atoms with Crippen molar-refractivity contribution in [2.24, 2.45) is 0 Å². The van der Waals surface area contributed by atoms with Crippen molar-refractivity contribution < 1.29 is 19.0 Å². The molecule has 84 valence electrons. The van der Waals surface area contributed by atoms with Crippen molar-refractivity contribution in [3.8, 4) is 5.75 Å². The molecule has 0 amide bonds. The normalized spacial score (nSPS) is 14.6. The van der Waals surface area contributed by atoms with E-state index in [0.717, 1.165) is 10.8 Å². The minimum absolute atomic E-state index is 0.341. The summed E-state index contributed by atoms with van der Waals surface area (Å²) >= 11 is 5.00. The highest BCUT2D eigenvalue weighted by molar-refractivity contribution is 7.80. The zero-order valence-corrected chi connectivity index (χ0v) is 9.69. The summed E-state index contributed by atoms with van der Waals surface area (Å²) in [4.78, 5) is 13.5. The number of hydrogen-bond acceptors (Lipinski definition) is 3. The number of hydrogen-bond donors (Lipinski definition) is 1. The predicted octanol–water partition coefficient (Wildman–Crippen LogP) is 3.49. The quantitative estimate of drug-likeness (QED) is 0.520. The molecule has 2 rings (SSSR count). The van der Waals surface area contributed by atoms with Gasteiger partial charge in [-0.25, -0.2) is 4.57 Å². The molecule has 0 radical (unpaired) electrons. The Labute approximate surface area is 96.6 Å². The first kappa shape index (κ1) is 11.4. The molecule has 0 saturated carbocycles. The maximum atomic E-state index is 10.7. The van der Waals surface area contributed by atoms with Gasteiger partial charge >= 0.3 is 6.95 Å². The Kier molecular flexibility index (Phi) is 3.17. The van der Waals surface area contributed by atoms with Gasteiger partial charge in [-0.05, 0) is 11.5 Å². The first-order valence-electron chi connectivity index (χ1n) is 4.43.